The molecule has 0 fully saturated rings. The quantitative estimate of drug-likeness (QED) is 0.817. The molecule has 20 heavy (non-hydrogen) atoms. The van der Waals surface area contributed by atoms with E-state index < -0.39 is 0 Å². The third-order valence-electron chi connectivity index (χ3n) is 2.47. The van der Waals surface area contributed by atoms with Gasteiger partial charge in [-0.3, -0.25) is 0 Å². The predicted molar refractivity (Wildman–Crippen MR) is 80.8 cm³/mol. The van der Waals surface area contributed by atoms with E-state index in [1.54, 1.807) is 24.3 Å². The highest BCUT2D eigenvalue weighted by Gasteiger charge is 2.08. The van der Waals surface area contributed by atoms with E-state index in [-0.39, 0.29) is 11.9 Å². The van der Waals surface area contributed by atoms with Crippen molar-refractivity contribution in [3.8, 4) is 17.2 Å². The van der Waals surface area contributed by atoms with Gasteiger partial charge in [-0.25, -0.2) is 4.39 Å². The van der Waals surface area contributed by atoms with Gasteiger partial charge in [-0.1, -0.05) is 0 Å². The molecular formula is C15H15BrFNO2. The van der Waals surface area contributed by atoms with E-state index in [9.17, 15) is 4.39 Å². The van der Waals surface area contributed by atoms with E-state index >= 15 is 0 Å². The van der Waals surface area contributed by atoms with E-state index in [4.69, 9.17) is 15.2 Å². The lowest BCUT2D eigenvalue weighted by Gasteiger charge is -2.14. The molecule has 0 spiro atoms. The van der Waals surface area contributed by atoms with Crippen LogP contribution in [0.2, 0.25) is 0 Å². The van der Waals surface area contributed by atoms with Crippen molar-refractivity contribution in [2.45, 2.75) is 20.0 Å². The minimum atomic E-state index is -0.328. The summed E-state index contributed by atoms with van der Waals surface area (Å²) < 4.78 is 24.9. The van der Waals surface area contributed by atoms with Gasteiger partial charge in [0.15, 0.2) is 0 Å². The van der Waals surface area contributed by atoms with Crippen LogP contribution in [0, 0.1) is 5.82 Å². The monoisotopic (exact) mass is 339 g/mol. The molecule has 0 atom stereocenters. The molecule has 106 valence electrons. The molecule has 2 N–H and O–H groups in total. The molecule has 0 bridgehead atoms. The largest absolute Gasteiger partial charge is 0.489 e. The van der Waals surface area contributed by atoms with Crippen LogP contribution >= 0.6 is 15.9 Å². The Hall–Kier alpha value is -1.75. The Bertz CT molecular complexity index is 617. The molecule has 0 amide bonds. The molecule has 0 unspecified atom stereocenters. The van der Waals surface area contributed by atoms with Crippen LogP contribution in [0.5, 0.6) is 17.2 Å². The molecule has 2 aromatic rings. The van der Waals surface area contributed by atoms with Crippen molar-refractivity contribution in [1.82, 2.24) is 0 Å². The van der Waals surface area contributed by atoms with Gasteiger partial charge >= 0.3 is 0 Å². The van der Waals surface area contributed by atoms with Crippen LogP contribution in [0.4, 0.5) is 10.1 Å². The summed E-state index contributed by atoms with van der Waals surface area (Å²) in [6.45, 7) is 3.84. The van der Waals surface area contributed by atoms with Crippen LogP contribution in [0.15, 0.2) is 40.9 Å². The Labute approximate surface area is 125 Å². The number of nitrogens with two attached hydrogens (primary N) is 1. The molecular weight excluding hydrogens is 325 g/mol. The average Bonchev–Trinajstić information content (AvgIpc) is 2.36. The summed E-state index contributed by atoms with van der Waals surface area (Å²) in [6.07, 6.45) is 0.0186. The molecule has 0 saturated carbocycles. The van der Waals surface area contributed by atoms with E-state index in [0.29, 0.717) is 27.4 Å². The minimum absolute atomic E-state index is 0.0186. The molecule has 2 aromatic carbocycles. The maximum absolute atomic E-state index is 13.0. The van der Waals surface area contributed by atoms with Crippen LogP contribution in [0.25, 0.3) is 0 Å². The van der Waals surface area contributed by atoms with Crippen molar-refractivity contribution in [3.63, 3.8) is 0 Å². The normalized spacial score (nSPS) is 10.7. The van der Waals surface area contributed by atoms with Gasteiger partial charge in [0.1, 0.15) is 23.1 Å². The number of hydrogen-bond acceptors (Lipinski definition) is 3. The molecule has 0 saturated heterocycles. The second kappa shape index (κ2) is 6.13. The molecule has 0 radical (unpaired) electrons. The zero-order valence-electron chi connectivity index (χ0n) is 11.2. The van der Waals surface area contributed by atoms with Gasteiger partial charge in [-0.15, -0.1) is 0 Å². The average molecular weight is 340 g/mol. The van der Waals surface area contributed by atoms with Crippen molar-refractivity contribution in [2.24, 2.45) is 0 Å². The lowest BCUT2D eigenvalue weighted by molar-refractivity contribution is 0.243. The van der Waals surface area contributed by atoms with E-state index in [0.717, 1.165) is 0 Å². The highest BCUT2D eigenvalue weighted by molar-refractivity contribution is 9.10. The number of rotatable bonds is 4. The van der Waals surface area contributed by atoms with Gasteiger partial charge in [0.05, 0.1) is 16.3 Å². The first-order valence-electron chi connectivity index (χ1n) is 6.15. The zero-order valence-corrected chi connectivity index (χ0v) is 12.8. The fourth-order valence-electron chi connectivity index (χ4n) is 1.62. The summed E-state index contributed by atoms with van der Waals surface area (Å²) in [6, 6.07) is 9.40. The summed E-state index contributed by atoms with van der Waals surface area (Å²) >= 11 is 3.26. The van der Waals surface area contributed by atoms with Crippen LogP contribution in [-0.4, -0.2) is 6.10 Å². The Morgan fingerprint density at radius 1 is 1.10 bits per heavy atom. The van der Waals surface area contributed by atoms with Crippen molar-refractivity contribution >= 4 is 21.6 Å². The first-order valence-corrected chi connectivity index (χ1v) is 6.94. The zero-order chi connectivity index (χ0) is 14.7. The summed E-state index contributed by atoms with van der Waals surface area (Å²) in [4.78, 5) is 0. The van der Waals surface area contributed by atoms with E-state index in [2.05, 4.69) is 15.9 Å². The molecule has 2 rings (SSSR count). The number of hydrogen-bond donors (Lipinski definition) is 1. The molecule has 3 nitrogen and oxygen atoms in total. The topological polar surface area (TPSA) is 44.5 Å². The first kappa shape index (κ1) is 14.7. The number of benzene rings is 2. The Morgan fingerprint density at radius 2 is 1.85 bits per heavy atom. The van der Waals surface area contributed by atoms with Gasteiger partial charge in [-0.05, 0) is 60.1 Å². The summed E-state index contributed by atoms with van der Waals surface area (Å²) in [5.74, 6) is 1.33. The molecule has 0 heterocycles. The van der Waals surface area contributed by atoms with Crippen molar-refractivity contribution < 1.29 is 13.9 Å². The number of ether oxygens (including phenoxy) is 2. The van der Waals surface area contributed by atoms with Crippen molar-refractivity contribution in [3.05, 3.63) is 46.7 Å². The third-order valence-corrected chi connectivity index (χ3v) is 3.09. The van der Waals surface area contributed by atoms with Crippen LogP contribution in [-0.2, 0) is 0 Å². The molecule has 0 aromatic heterocycles. The highest BCUT2D eigenvalue weighted by atomic mass is 79.9. The first-order chi connectivity index (χ1) is 9.45. The highest BCUT2D eigenvalue weighted by Crippen LogP contribution is 2.34. The third kappa shape index (κ3) is 3.63. The lowest BCUT2D eigenvalue weighted by atomic mass is 10.2. The van der Waals surface area contributed by atoms with Crippen LogP contribution in [0.3, 0.4) is 0 Å². The van der Waals surface area contributed by atoms with Gasteiger partial charge in [0.25, 0.3) is 0 Å². The second-order valence-corrected chi connectivity index (χ2v) is 5.40. The van der Waals surface area contributed by atoms with E-state index in [1.807, 2.05) is 13.8 Å². The summed E-state index contributed by atoms with van der Waals surface area (Å²) in [5, 5.41) is 0. The maximum Gasteiger partial charge on any atom is 0.146 e. The van der Waals surface area contributed by atoms with E-state index in [1.165, 1.54) is 12.1 Å². The lowest BCUT2D eigenvalue weighted by Crippen LogP contribution is -2.07. The van der Waals surface area contributed by atoms with Crippen LogP contribution in [0.1, 0.15) is 13.8 Å². The minimum Gasteiger partial charge on any atom is -0.489 e. The molecule has 5 heteroatoms. The van der Waals surface area contributed by atoms with Gasteiger partial charge in [0.2, 0.25) is 0 Å². The molecule has 0 aliphatic heterocycles. The van der Waals surface area contributed by atoms with Gasteiger partial charge in [0, 0.05) is 6.07 Å². The SMILES string of the molecule is CC(C)Oc1cc(Oc2ccc(F)cc2Br)ccc1N. The Kier molecular flexibility index (Phi) is 4.49. The Morgan fingerprint density at radius 3 is 2.50 bits per heavy atom. The fourth-order valence-corrected chi connectivity index (χ4v) is 2.05. The van der Waals surface area contributed by atoms with Crippen molar-refractivity contribution in [2.75, 3.05) is 5.73 Å². The predicted octanol–water partition coefficient (Wildman–Crippen LogP) is 4.75. The maximum atomic E-state index is 13.0. The fraction of sp³-hybridized carbons (Fsp3) is 0.200. The standard InChI is InChI=1S/C15H15BrFNO2/c1-9(2)19-15-8-11(4-5-13(15)18)20-14-6-3-10(17)7-12(14)16/h3-9H,18H2,1-2H3. The number of nitrogen functional groups attached to an aromatic ring is 1. The van der Waals surface area contributed by atoms with Gasteiger partial charge < -0.3 is 15.2 Å². The van der Waals surface area contributed by atoms with Crippen molar-refractivity contribution in [1.29, 1.82) is 0 Å². The number of anilines is 1. The summed E-state index contributed by atoms with van der Waals surface area (Å²) in [7, 11) is 0. The number of halogens is 2. The molecule has 0 aliphatic rings. The van der Waals surface area contributed by atoms with Gasteiger partial charge in [-0.2, -0.15) is 0 Å². The second-order valence-electron chi connectivity index (χ2n) is 4.54. The summed E-state index contributed by atoms with van der Waals surface area (Å²) in [5.41, 5.74) is 6.39. The van der Waals surface area contributed by atoms with Crippen LogP contribution < -0.4 is 15.2 Å². The Balaban J connectivity index is 2.25. The molecule has 0 aliphatic carbocycles. The smallest absolute Gasteiger partial charge is 0.146 e.